The molecule has 1 saturated heterocycles. The number of aliphatic hydroxyl groups is 1. The van der Waals surface area contributed by atoms with Crippen molar-refractivity contribution in [3.63, 3.8) is 0 Å². The lowest BCUT2D eigenvalue weighted by Gasteiger charge is -2.30. The van der Waals surface area contributed by atoms with Crippen LogP contribution in [0, 0.1) is 11.8 Å². The number of carbonyl (C=O) groups is 1. The molecule has 1 aromatic rings. The molecule has 36 heavy (non-hydrogen) atoms. The third-order valence-corrected chi connectivity index (χ3v) is 7.41. The van der Waals surface area contributed by atoms with Crippen molar-refractivity contribution in [3.05, 3.63) is 54.6 Å². The first-order valence-corrected chi connectivity index (χ1v) is 13.6. The zero-order valence-electron chi connectivity index (χ0n) is 21.4. The van der Waals surface area contributed by atoms with Crippen LogP contribution >= 0.6 is 11.6 Å². The number of aliphatic hydroxyl groups excluding tert-OH is 1. The van der Waals surface area contributed by atoms with Crippen molar-refractivity contribution in [1.82, 2.24) is 0 Å². The van der Waals surface area contributed by atoms with Gasteiger partial charge in [-0.2, -0.15) is 0 Å². The summed E-state index contributed by atoms with van der Waals surface area (Å²) < 4.78 is 23.4. The molecule has 2 unspecified atom stereocenters. The van der Waals surface area contributed by atoms with Crippen LogP contribution in [0.2, 0.25) is 0 Å². The average molecular weight is 521 g/mol. The Labute approximate surface area is 220 Å². The highest BCUT2D eigenvalue weighted by atomic mass is 35.5. The molecule has 0 amide bonds. The first-order chi connectivity index (χ1) is 17.5. The van der Waals surface area contributed by atoms with Crippen LogP contribution in [-0.4, -0.2) is 48.7 Å². The molecule has 1 aliphatic heterocycles. The summed E-state index contributed by atoms with van der Waals surface area (Å²) in [4.78, 5) is 11.6. The van der Waals surface area contributed by atoms with Gasteiger partial charge in [-0.3, -0.25) is 4.79 Å². The normalized spacial score (nSPS) is 27.1. The lowest BCUT2D eigenvalue weighted by Crippen LogP contribution is -2.34. The molecule has 6 nitrogen and oxygen atoms in total. The van der Waals surface area contributed by atoms with E-state index < -0.39 is 6.10 Å². The van der Waals surface area contributed by atoms with Crippen molar-refractivity contribution in [2.24, 2.45) is 11.8 Å². The van der Waals surface area contributed by atoms with Crippen LogP contribution in [0.5, 0.6) is 5.75 Å². The summed E-state index contributed by atoms with van der Waals surface area (Å²) in [5.41, 5.74) is 0.858. The molecule has 3 rings (SSSR count). The minimum absolute atomic E-state index is 0.0108. The SMILES string of the molecule is C=CCOC(=O)CCC/C=C\C[C@@H]1[C@@H](COc2ccc(C(C)O)cc2)[C@H](OC2CCCCO2)C[C@H]1Cl. The van der Waals surface area contributed by atoms with E-state index in [0.717, 1.165) is 62.9 Å². The molecule has 2 fully saturated rings. The summed E-state index contributed by atoms with van der Waals surface area (Å²) >= 11 is 6.85. The predicted octanol–water partition coefficient (Wildman–Crippen LogP) is 6.12. The van der Waals surface area contributed by atoms with Crippen molar-refractivity contribution in [2.45, 2.75) is 82.2 Å². The van der Waals surface area contributed by atoms with E-state index in [9.17, 15) is 9.90 Å². The van der Waals surface area contributed by atoms with E-state index in [2.05, 4.69) is 18.7 Å². The molecule has 1 heterocycles. The third-order valence-electron chi connectivity index (χ3n) is 6.91. The first kappa shape index (κ1) is 28.7. The van der Waals surface area contributed by atoms with Crippen LogP contribution in [0.3, 0.4) is 0 Å². The van der Waals surface area contributed by atoms with Gasteiger partial charge in [-0.25, -0.2) is 0 Å². The van der Waals surface area contributed by atoms with Crippen LogP contribution in [0.15, 0.2) is 49.1 Å². The Bertz CT molecular complexity index is 818. The van der Waals surface area contributed by atoms with Gasteiger partial charge in [0.25, 0.3) is 0 Å². The highest BCUT2D eigenvalue weighted by Gasteiger charge is 2.44. The van der Waals surface area contributed by atoms with E-state index in [0.29, 0.717) is 13.0 Å². The van der Waals surface area contributed by atoms with E-state index in [-0.39, 0.29) is 42.2 Å². The fraction of sp³-hybridized carbons (Fsp3) is 0.621. The number of hydrogen-bond donors (Lipinski definition) is 1. The summed E-state index contributed by atoms with van der Waals surface area (Å²) in [5.74, 6) is 0.921. The van der Waals surface area contributed by atoms with E-state index in [1.807, 2.05) is 24.3 Å². The number of hydrogen-bond acceptors (Lipinski definition) is 6. The number of benzene rings is 1. The minimum atomic E-state index is -0.506. The van der Waals surface area contributed by atoms with E-state index in [4.69, 9.17) is 30.5 Å². The number of unbranched alkanes of at least 4 members (excludes halogenated alkanes) is 1. The van der Waals surface area contributed by atoms with Crippen LogP contribution in [0.4, 0.5) is 0 Å². The second-order valence-corrected chi connectivity index (χ2v) is 10.2. The Kier molecular flexibility index (Phi) is 12.3. The number of rotatable bonds is 14. The molecular weight excluding hydrogens is 480 g/mol. The van der Waals surface area contributed by atoms with Crippen molar-refractivity contribution in [1.29, 1.82) is 0 Å². The molecular formula is C29H41ClO6. The minimum Gasteiger partial charge on any atom is -0.493 e. The van der Waals surface area contributed by atoms with Gasteiger partial charge in [0.05, 0.1) is 18.8 Å². The van der Waals surface area contributed by atoms with Gasteiger partial charge >= 0.3 is 5.97 Å². The molecule has 1 aromatic carbocycles. The fourth-order valence-corrected chi connectivity index (χ4v) is 5.30. The topological polar surface area (TPSA) is 74.2 Å². The summed E-state index contributed by atoms with van der Waals surface area (Å²) in [6.07, 6.45) is 11.8. The molecule has 7 heteroatoms. The van der Waals surface area contributed by atoms with Crippen molar-refractivity contribution in [3.8, 4) is 5.75 Å². The van der Waals surface area contributed by atoms with Gasteiger partial charge < -0.3 is 24.1 Å². The maximum atomic E-state index is 11.6. The molecule has 0 spiro atoms. The Balaban J connectivity index is 1.56. The quantitative estimate of drug-likeness (QED) is 0.138. The number of halogens is 1. The highest BCUT2D eigenvalue weighted by molar-refractivity contribution is 6.21. The Morgan fingerprint density at radius 3 is 2.75 bits per heavy atom. The lowest BCUT2D eigenvalue weighted by atomic mass is 9.91. The predicted molar refractivity (Wildman–Crippen MR) is 141 cm³/mol. The van der Waals surface area contributed by atoms with Crippen LogP contribution in [0.25, 0.3) is 0 Å². The highest BCUT2D eigenvalue weighted by Crippen LogP contribution is 2.41. The van der Waals surface area contributed by atoms with Gasteiger partial charge in [0.2, 0.25) is 0 Å². The number of carbonyl (C=O) groups excluding carboxylic acids is 1. The Morgan fingerprint density at radius 1 is 1.25 bits per heavy atom. The van der Waals surface area contributed by atoms with Crippen LogP contribution < -0.4 is 4.74 Å². The van der Waals surface area contributed by atoms with E-state index in [1.165, 1.54) is 0 Å². The summed E-state index contributed by atoms with van der Waals surface area (Å²) in [6, 6.07) is 7.56. The summed E-state index contributed by atoms with van der Waals surface area (Å²) in [5, 5.41) is 9.74. The van der Waals surface area contributed by atoms with E-state index >= 15 is 0 Å². The molecule has 0 aromatic heterocycles. The van der Waals surface area contributed by atoms with Gasteiger partial charge in [0.1, 0.15) is 12.4 Å². The standard InChI is InChI=1S/C29H41ClO6/c1-3-17-33-28(32)11-7-5-4-6-10-24-25(20-35-23-15-13-22(14-16-23)21(2)31)27(19-26(24)30)36-29-12-8-9-18-34-29/h3-4,6,13-16,21,24-27,29,31H,1,5,7-12,17-20H2,2H3/b6-4-/t21?,24-,25-,26-,27-,29?/m1/s1. The Hall–Kier alpha value is -1.86. The van der Waals surface area contributed by atoms with Crippen LogP contribution in [-0.2, 0) is 19.0 Å². The number of ether oxygens (including phenoxy) is 4. The largest absolute Gasteiger partial charge is 0.493 e. The Morgan fingerprint density at radius 2 is 2.06 bits per heavy atom. The lowest BCUT2D eigenvalue weighted by molar-refractivity contribution is -0.197. The second kappa shape index (κ2) is 15.4. The maximum absolute atomic E-state index is 11.6. The number of alkyl halides is 1. The van der Waals surface area contributed by atoms with Gasteiger partial charge in [-0.05, 0) is 75.5 Å². The van der Waals surface area contributed by atoms with Crippen molar-refractivity contribution in [2.75, 3.05) is 19.8 Å². The van der Waals surface area contributed by atoms with E-state index in [1.54, 1.807) is 13.0 Å². The van der Waals surface area contributed by atoms with Gasteiger partial charge in [-0.1, -0.05) is 36.9 Å². The molecule has 200 valence electrons. The molecule has 0 radical (unpaired) electrons. The molecule has 6 atom stereocenters. The zero-order chi connectivity index (χ0) is 25.8. The fourth-order valence-electron chi connectivity index (χ4n) is 4.83. The summed E-state index contributed by atoms with van der Waals surface area (Å²) in [7, 11) is 0. The first-order valence-electron chi connectivity index (χ1n) is 13.2. The second-order valence-electron chi connectivity index (χ2n) is 9.68. The van der Waals surface area contributed by atoms with Gasteiger partial charge in [-0.15, -0.1) is 11.6 Å². The molecule has 0 bridgehead atoms. The van der Waals surface area contributed by atoms with Gasteiger partial charge in [0.15, 0.2) is 6.29 Å². The van der Waals surface area contributed by atoms with Crippen LogP contribution in [0.1, 0.15) is 70.0 Å². The summed E-state index contributed by atoms with van der Waals surface area (Å²) in [6.45, 7) is 6.80. The van der Waals surface area contributed by atoms with Gasteiger partial charge in [0, 0.05) is 24.3 Å². The van der Waals surface area contributed by atoms with Crippen molar-refractivity contribution >= 4 is 17.6 Å². The average Bonchev–Trinajstić information content (AvgIpc) is 3.17. The molecule has 1 N–H and O–H groups in total. The smallest absolute Gasteiger partial charge is 0.306 e. The molecule has 1 aliphatic carbocycles. The van der Waals surface area contributed by atoms with Crippen molar-refractivity contribution < 1.29 is 28.8 Å². The monoisotopic (exact) mass is 520 g/mol. The number of allylic oxidation sites excluding steroid dienone is 2. The molecule has 2 aliphatic rings. The third kappa shape index (κ3) is 9.22. The zero-order valence-corrected chi connectivity index (χ0v) is 22.1. The molecule has 1 saturated carbocycles. The number of esters is 1. The maximum Gasteiger partial charge on any atom is 0.306 e.